The molecule has 0 bridgehead atoms. The van der Waals surface area contributed by atoms with Crippen molar-refractivity contribution >= 4 is 34.3 Å². The molecule has 3 heterocycles. The molecule has 0 saturated carbocycles. The van der Waals surface area contributed by atoms with E-state index < -0.39 is 5.97 Å². The molecule has 124 valence electrons. The van der Waals surface area contributed by atoms with Gasteiger partial charge in [-0.15, -0.1) is 0 Å². The van der Waals surface area contributed by atoms with Gasteiger partial charge in [-0.05, 0) is 47.4 Å². The number of carboxylic acids is 1. The number of hydrogen-bond acceptors (Lipinski definition) is 4. The van der Waals surface area contributed by atoms with Crippen LogP contribution in [0.15, 0.2) is 41.1 Å². The lowest BCUT2D eigenvalue weighted by Crippen LogP contribution is -2.37. The van der Waals surface area contributed by atoms with E-state index in [4.69, 9.17) is 4.98 Å². The van der Waals surface area contributed by atoms with Gasteiger partial charge in [0.25, 0.3) is 0 Å². The fourth-order valence-electron chi connectivity index (χ4n) is 3.35. The molecule has 0 aliphatic carbocycles. The molecule has 1 N–H and O–H groups in total. The number of para-hydroxylation sites is 2. The molecule has 0 unspecified atom stereocenters. The van der Waals surface area contributed by atoms with E-state index in [-0.39, 0.29) is 5.92 Å². The first-order valence-electron chi connectivity index (χ1n) is 8.16. The third-order valence-electron chi connectivity index (χ3n) is 4.68. The largest absolute Gasteiger partial charge is 0.481 e. The Bertz CT molecular complexity index is 848. The zero-order valence-electron chi connectivity index (χ0n) is 13.3. The third kappa shape index (κ3) is 2.78. The predicted octanol–water partition coefficient (Wildman–Crippen LogP) is 3.45. The summed E-state index contributed by atoms with van der Waals surface area (Å²) in [7, 11) is 0. The second kappa shape index (κ2) is 6.28. The van der Waals surface area contributed by atoms with Gasteiger partial charge in [-0.3, -0.25) is 4.79 Å². The number of benzene rings is 1. The third-order valence-corrected chi connectivity index (χ3v) is 5.41. The number of imidazole rings is 1. The topological polar surface area (TPSA) is 58.4 Å². The zero-order chi connectivity index (χ0) is 16.5. The molecule has 0 spiro atoms. The minimum absolute atomic E-state index is 0.226. The van der Waals surface area contributed by atoms with Crippen molar-refractivity contribution in [2.45, 2.75) is 19.4 Å². The fourth-order valence-corrected chi connectivity index (χ4v) is 4.01. The lowest BCUT2D eigenvalue weighted by molar-refractivity contribution is -0.142. The normalized spacial score (nSPS) is 15.9. The molecule has 1 aromatic carbocycles. The van der Waals surface area contributed by atoms with Crippen LogP contribution in [-0.2, 0) is 11.3 Å². The van der Waals surface area contributed by atoms with Crippen LogP contribution in [0.4, 0.5) is 5.95 Å². The molecule has 4 rings (SSSR count). The molecule has 2 aromatic heterocycles. The van der Waals surface area contributed by atoms with Crippen molar-refractivity contribution in [2.24, 2.45) is 5.92 Å². The van der Waals surface area contributed by atoms with Crippen LogP contribution in [0.1, 0.15) is 18.4 Å². The number of fused-ring (bicyclic) bond motifs is 1. The Kier molecular flexibility index (Phi) is 3.98. The molecule has 24 heavy (non-hydrogen) atoms. The summed E-state index contributed by atoms with van der Waals surface area (Å²) in [6.45, 7) is 2.27. The number of aromatic nitrogens is 2. The average Bonchev–Trinajstić information content (AvgIpc) is 3.24. The van der Waals surface area contributed by atoms with Crippen LogP contribution >= 0.6 is 11.3 Å². The highest BCUT2D eigenvalue weighted by Gasteiger charge is 2.27. The Morgan fingerprint density at radius 3 is 2.75 bits per heavy atom. The van der Waals surface area contributed by atoms with Crippen molar-refractivity contribution in [3.8, 4) is 0 Å². The summed E-state index contributed by atoms with van der Waals surface area (Å²) in [4.78, 5) is 18.2. The molecule has 0 radical (unpaired) electrons. The van der Waals surface area contributed by atoms with Crippen LogP contribution in [0, 0.1) is 5.92 Å². The van der Waals surface area contributed by atoms with Gasteiger partial charge in [0, 0.05) is 13.1 Å². The number of hydrogen-bond donors (Lipinski definition) is 1. The summed E-state index contributed by atoms with van der Waals surface area (Å²) in [5.41, 5.74) is 3.38. The summed E-state index contributed by atoms with van der Waals surface area (Å²) in [6, 6.07) is 10.3. The van der Waals surface area contributed by atoms with Crippen LogP contribution in [0.2, 0.25) is 0 Å². The van der Waals surface area contributed by atoms with E-state index in [1.807, 2.05) is 18.2 Å². The van der Waals surface area contributed by atoms with E-state index in [0.29, 0.717) is 12.8 Å². The van der Waals surface area contributed by atoms with Gasteiger partial charge < -0.3 is 14.6 Å². The molecular formula is C18H19N3O2S. The van der Waals surface area contributed by atoms with Crippen molar-refractivity contribution in [1.29, 1.82) is 0 Å². The minimum Gasteiger partial charge on any atom is -0.481 e. The van der Waals surface area contributed by atoms with Gasteiger partial charge in [0.15, 0.2) is 0 Å². The van der Waals surface area contributed by atoms with Gasteiger partial charge in [0.05, 0.1) is 23.5 Å². The first-order chi connectivity index (χ1) is 11.7. The second-order valence-corrected chi connectivity index (χ2v) is 7.00. The number of thiophene rings is 1. The maximum atomic E-state index is 11.2. The van der Waals surface area contributed by atoms with Crippen LogP contribution in [0.25, 0.3) is 11.0 Å². The molecule has 1 aliphatic heterocycles. The quantitative estimate of drug-likeness (QED) is 0.790. The van der Waals surface area contributed by atoms with Gasteiger partial charge in [0.2, 0.25) is 5.95 Å². The summed E-state index contributed by atoms with van der Waals surface area (Å²) in [5.74, 6) is 0.0450. The van der Waals surface area contributed by atoms with Crippen LogP contribution < -0.4 is 4.90 Å². The molecule has 6 heteroatoms. The van der Waals surface area contributed by atoms with E-state index in [2.05, 4.69) is 32.4 Å². The molecular weight excluding hydrogens is 322 g/mol. The summed E-state index contributed by atoms with van der Waals surface area (Å²) < 4.78 is 2.25. The Hall–Kier alpha value is -2.34. The maximum Gasteiger partial charge on any atom is 0.306 e. The van der Waals surface area contributed by atoms with Crippen LogP contribution in [0.3, 0.4) is 0 Å². The predicted molar refractivity (Wildman–Crippen MR) is 95.7 cm³/mol. The van der Waals surface area contributed by atoms with E-state index in [1.165, 1.54) is 5.56 Å². The van der Waals surface area contributed by atoms with Crippen molar-refractivity contribution in [3.05, 3.63) is 46.7 Å². The number of rotatable bonds is 4. The molecule has 3 aromatic rings. The lowest BCUT2D eigenvalue weighted by atomic mass is 9.97. The SMILES string of the molecule is O=C(O)C1CCN(c2nc3ccccc3n2Cc2ccsc2)CC1. The Balaban J connectivity index is 1.68. The van der Waals surface area contributed by atoms with Gasteiger partial charge in [-0.2, -0.15) is 11.3 Å². The maximum absolute atomic E-state index is 11.2. The van der Waals surface area contributed by atoms with Gasteiger partial charge in [0.1, 0.15) is 0 Å². The highest BCUT2D eigenvalue weighted by Crippen LogP contribution is 2.28. The first-order valence-corrected chi connectivity index (χ1v) is 9.11. The standard InChI is InChI=1S/C18H19N3O2S/c22-17(23)14-5-8-20(9-6-14)18-19-15-3-1-2-4-16(15)21(18)11-13-7-10-24-12-13/h1-4,7,10,12,14H,5-6,8-9,11H2,(H,22,23). The first kappa shape index (κ1) is 15.2. The highest BCUT2D eigenvalue weighted by molar-refractivity contribution is 7.07. The molecule has 0 atom stereocenters. The average molecular weight is 341 g/mol. The van der Waals surface area contributed by atoms with Crippen molar-refractivity contribution in [2.75, 3.05) is 18.0 Å². The smallest absolute Gasteiger partial charge is 0.306 e. The zero-order valence-corrected chi connectivity index (χ0v) is 14.1. The Labute approximate surface area is 144 Å². The molecule has 1 saturated heterocycles. The molecule has 1 aliphatic rings. The molecule has 5 nitrogen and oxygen atoms in total. The van der Waals surface area contributed by atoms with E-state index in [1.54, 1.807) is 11.3 Å². The van der Waals surface area contributed by atoms with Crippen molar-refractivity contribution in [3.63, 3.8) is 0 Å². The van der Waals surface area contributed by atoms with Crippen molar-refractivity contribution in [1.82, 2.24) is 9.55 Å². The summed E-state index contributed by atoms with van der Waals surface area (Å²) in [5, 5.41) is 13.4. The number of carboxylic acid groups (broad SMARTS) is 1. The van der Waals surface area contributed by atoms with Crippen LogP contribution in [0.5, 0.6) is 0 Å². The summed E-state index contributed by atoms with van der Waals surface area (Å²) >= 11 is 1.70. The highest BCUT2D eigenvalue weighted by atomic mass is 32.1. The van der Waals surface area contributed by atoms with Crippen LogP contribution in [-0.4, -0.2) is 33.7 Å². The second-order valence-electron chi connectivity index (χ2n) is 6.22. The number of piperidine rings is 1. The summed E-state index contributed by atoms with van der Waals surface area (Å²) in [6.07, 6.45) is 1.36. The fraction of sp³-hybridized carbons (Fsp3) is 0.333. The number of carbonyl (C=O) groups is 1. The van der Waals surface area contributed by atoms with Crippen molar-refractivity contribution < 1.29 is 9.90 Å². The molecule has 1 fully saturated rings. The van der Waals surface area contributed by atoms with Gasteiger partial charge in [-0.1, -0.05) is 12.1 Å². The number of anilines is 1. The van der Waals surface area contributed by atoms with Gasteiger partial charge >= 0.3 is 5.97 Å². The van der Waals surface area contributed by atoms with E-state index in [9.17, 15) is 9.90 Å². The lowest BCUT2D eigenvalue weighted by Gasteiger charge is -2.31. The number of nitrogens with zero attached hydrogens (tertiary/aromatic N) is 3. The molecule has 0 amide bonds. The van der Waals surface area contributed by atoms with Gasteiger partial charge in [-0.25, -0.2) is 4.98 Å². The number of aliphatic carboxylic acids is 1. The minimum atomic E-state index is -0.679. The monoisotopic (exact) mass is 341 g/mol. The van der Waals surface area contributed by atoms with E-state index in [0.717, 1.165) is 36.6 Å². The van der Waals surface area contributed by atoms with E-state index >= 15 is 0 Å². The Morgan fingerprint density at radius 2 is 2.04 bits per heavy atom. The Morgan fingerprint density at radius 1 is 1.25 bits per heavy atom.